The second kappa shape index (κ2) is 44.6. The van der Waals surface area contributed by atoms with Gasteiger partial charge in [0, 0.05) is 111 Å². The quantitative estimate of drug-likeness (QED) is 0.0409. The van der Waals surface area contributed by atoms with Crippen LogP contribution in [0.3, 0.4) is 0 Å². The summed E-state index contributed by atoms with van der Waals surface area (Å²) in [6.45, 7) is 17.5. The maximum absolute atomic E-state index is 12.2. The largest absolute Gasteiger partial charge is 1.00 e. The first-order valence-electron chi connectivity index (χ1n) is 24.0. The molecule has 2 rings (SSSR count). The van der Waals surface area contributed by atoms with E-state index in [2.05, 4.69) is 28.2 Å². The Labute approximate surface area is 467 Å². The molecule has 70 heavy (non-hydrogen) atoms. The zero-order valence-electron chi connectivity index (χ0n) is 43.2. The maximum atomic E-state index is 12.2. The van der Waals surface area contributed by atoms with Gasteiger partial charge in [-0.2, -0.15) is 0 Å². The molecule has 1 unspecified atom stereocenters. The van der Waals surface area contributed by atoms with Crippen LogP contribution in [0.25, 0.3) is 5.73 Å². The molecule has 4 atom stereocenters. The molecule has 0 aromatic carbocycles. The molecule has 0 aliphatic carbocycles. The fraction of sp³-hybridized carbons (Fsp3) is 0.792. The van der Waals surface area contributed by atoms with Gasteiger partial charge in [-0.05, 0) is 111 Å². The monoisotopic (exact) mass is 1340 g/mol. The van der Waals surface area contributed by atoms with E-state index in [1.54, 1.807) is 6.92 Å². The molecule has 2 aliphatic heterocycles. The van der Waals surface area contributed by atoms with E-state index in [4.69, 9.17) is 24.7 Å². The van der Waals surface area contributed by atoms with Crippen molar-refractivity contribution >= 4 is 52.7 Å². The van der Waals surface area contributed by atoms with E-state index in [9.17, 15) is 48.3 Å². The number of hydrogen-bond acceptors (Lipinski definition) is 15. The normalized spacial score (nSPS) is 18.6. The van der Waals surface area contributed by atoms with Gasteiger partial charge in [-0.15, -0.1) is 0 Å². The summed E-state index contributed by atoms with van der Waals surface area (Å²) in [5.74, 6) is -3.33. The number of ketones is 4. The van der Waals surface area contributed by atoms with Gasteiger partial charge in [0.05, 0.1) is 37.7 Å². The van der Waals surface area contributed by atoms with E-state index in [0.29, 0.717) is 71.5 Å². The molecule has 1 spiro atoms. The van der Waals surface area contributed by atoms with E-state index < -0.39 is 29.7 Å². The number of carboxylic acids is 1. The second-order valence-electron chi connectivity index (χ2n) is 17.5. The molecule has 0 bridgehead atoms. The fourth-order valence-corrected chi connectivity index (χ4v) is 7.32. The molecule has 398 valence electrons. The van der Waals surface area contributed by atoms with Crippen molar-refractivity contribution in [2.75, 3.05) is 53.1 Å². The minimum absolute atomic E-state index is 0. The number of carboxylic acid groups (broad SMARTS) is 1. The van der Waals surface area contributed by atoms with Crippen LogP contribution in [-0.4, -0.2) is 124 Å². The topological polar surface area (TPSA) is 286 Å². The van der Waals surface area contributed by atoms with Crippen LogP contribution in [0.1, 0.15) is 151 Å². The van der Waals surface area contributed by atoms with Gasteiger partial charge in [0.25, 0.3) is 0 Å². The van der Waals surface area contributed by atoms with Gasteiger partial charge in [-0.1, -0.05) is 27.2 Å². The van der Waals surface area contributed by atoms with E-state index in [-0.39, 0.29) is 169 Å². The SMILES string of the molecule is CCC(=O)NCCCC[C@H](CC)C(C)=O.CC[C@@H](CCC(=O)[O-])C(=O)CC[C@@H](CCC([NH-])=O)C(C)=O.[CH2-]C(=O)NC(CC(C)=O)C(=O)NCCCC1OCC2(COC(CCCNC)OC2)CO1.[Na+].[W].[W]. The van der Waals surface area contributed by atoms with Crippen molar-refractivity contribution in [2.24, 2.45) is 23.2 Å². The summed E-state index contributed by atoms with van der Waals surface area (Å²) in [5, 5.41) is 21.5. The Balaban J connectivity index is -0.000000489. The van der Waals surface area contributed by atoms with E-state index in [0.717, 1.165) is 51.6 Å². The van der Waals surface area contributed by atoms with Crippen molar-refractivity contribution in [1.82, 2.24) is 21.3 Å². The number of carbonyl (C=O) groups excluding carboxylic acids is 9. The number of ether oxygens (including phenoxy) is 4. The van der Waals surface area contributed by atoms with Gasteiger partial charge >= 0.3 is 29.6 Å². The number of unbranched alkanes of at least 4 members (excludes halogenated alkanes) is 1. The Morgan fingerprint density at radius 3 is 1.59 bits per heavy atom. The summed E-state index contributed by atoms with van der Waals surface area (Å²) in [6, 6.07) is -0.905. The Morgan fingerprint density at radius 1 is 0.671 bits per heavy atom. The van der Waals surface area contributed by atoms with Crippen LogP contribution >= 0.6 is 0 Å². The zero-order chi connectivity index (χ0) is 50.8. The molecule has 19 nitrogen and oxygen atoms in total. The van der Waals surface area contributed by atoms with Gasteiger partial charge in [-0.3, -0.25) is 28.8 Å². The summed E-state index contributed by atoms with van der Waals surface area (Å²) < 4.78 is 23.4. The molecule has 0 radical (unpaired) electrons. The minimum Gasteiger partial charge on any atom is -0.668 e. The van der Waals surface area contributed by atoms with E-state index in [1.165, 1.54) is 13.8 Å². The number of rotatable bonds is 32. The van der Waals surface area contributed by atoms with Crippen LogP contribution in [0, 0.1) is 30.1 Å². The summed E-state index contributed by atoms with van der Waals surface area (Å²) >= 11 is 0. The maximum Gasteiger partial charge on any atom is 1.00 e. The molecule has 0 aromatic rings. The first-order chi connectivity index (χ1) is 31.7. The van der Waals surface area contributed by atoms with Crippen LogP contribution in [0.15, 0.2) is 0 Å². The van der Waals surface area contributed by atoms with Gasteiger partial charge in [0.1, 0.15) is 29.2 Å². The summed E-state index contributed by atoms with van der Waals surface area (Å²) in [7, 11) is 1.92. The minimum atomic E-state index is -1.17. The smallest absolute Gasteiger partial charge is 0.668 e. The Bertz CT molecular complexity index is 1510. The van der Waals surface area contributed by atoms with Crippen molar-refractivity contribution in [3.63, 3.8) is 0 Å². The van der Waals surface area contributed by atoms with Crippen LogP contribution in [0.2, 0.25) is 0 Å². The molecular weight excluding hydrogens is 1260 g/mol. The molecule has 22 heteroatoms. The van der Waals surface area contributed by atoms with Crippen LogP contribution in [0.4, 0.5) is 0 Å². The van der Waals surface area contributed by atoms with E-state index >= 15 is 0 Å². The molecule has 0 aromatic heterocycles. The van der Waals surface area contributed by atoms with Crippen LogP contribution in [0.5, 0.6) is 0 Å². The molecule has 2 aliphatic rings. The first kappa shape index (κ1) is 74.6. The van der Waals surface area contributed by atoms with Gasteiger partial charge < -0.3 is 72.4 Å². The zero-order valence-corrected chi connectivity index (χ0v) is 51.0. The number of hydrogen-bond donors (Lipinski definition) is 4. The van der Waals surface area contributed by atoms with Gasteiger partial charge in [0.2, 0.25) is 11.8 Å². The fourth-order valence-electron chi connectivity index (χ4n) is 7.32. The third-order valence-corrected chi connectivity index (χ3v) is 11.6. The number of Topliss-reactive ketones (excluding diaryl/α,β-unsaturated/α-hetero) is 4. The Hall–Kier alpha value is -1.92. The number of nitrogens with one attached hydrogen (secondary N) is 5. The van der Waals surface area contributed by atoms with Gasteiger partial charge in [0.15, 0.2) is 12.6 Å². The van der Waals surface area contributed by atoms with Crippen LogP contribution in [-0.2, 0) is 104 Å². The van der Waals surface area contributed by atoms with Gasteiger partial charge in [-0.25, -0.2) is 0 Å². The van der Waals surface area contributed by atoms with Crippen molar-refractivity contribution in [2.45, 2.75) is 169 Å². The third kappa shape index (κ3) is 36.9. The Morgan fingerprint density at radius 2 is 1.16 bits per heavy atom. The molecule has 0 saturated carbocycles. The predicted molar refractivity (Wildman–Crippen MR) is 248 cm³/mol. The predicted octanol–water partition coefficient (Wildman–Crippen LogP) is 0.666. The molecular formula is C48H82N5NaO14W2-2. The number of aliphatic carboxylic acids is 1. The summed E-state index contributed by atoms with van der Waals surface area (Å²) in [6.07, 6.45) is 8.46. The number of carbonyl (C=O) groups is 9. The average molecular weight is 1340 g/mol. The summed E-state index contributed by atoms with van der Waals surface area (Å²) in [4.78, 5) is 101. The van der Waals surface area contributed by atoms with Crippen LogP contribution < -0.4 is 55.9 Å². The second-order valence-corrected chi connectivity index (χ2v) is 17.5. The third-order valence-electron chi connectivity index (χ3n) is 11.6. The Kier molecular flexibility index (Phi) is 47.5. The molecule has 4 amide bonds. The van der Waals surface area contributed by atoms with Crippen molar-refractivity contribution in [3.05, 3.63) is 12.7 Å². The molecule has 5 N–H and O–H groups in total. The molecule has 2 heterocycles. The molecule has 2 saturated heterocycles. The van der Waals surface area contributed by atoms with E-state index in [1.807, 2.05) is 27.8 Å². The first-order valence-corrected chi connectivity index (χ1v) is 24.0. The van der Waals surface area contributed by atoms with Crippen molar-refractivity contribution in [1.29, 1.82) is 0 Å². The average Bonchev–Trinajstić information content (AvgIpc) is 3.27. The summed E-state index contributed by atoms with van der Waals surface area (Å²) in [5.41, 5.74) is 6.58. The van der Waals surface area contributed by atoms with Crippen molar-refractivity contribution < 1.29 is 139 Å². The molecule has 2 fully saturated rings. The van der Waals surface area contributed by atoms with Crippen molar-refractivity contribution in [3.8, 4) is 0 Å². The number of amides is 4. The standard InChI is InChI=1S/C21H36N3O7.C15H25NO5.C12H23NO2.Na.2W/c1-15(25)10-17(24-16(2)26)20(27)23-9-5-7-19-30-13-21(14-31-19)11-28-18(29-12-21)6-4-8-22-3;1-3-11(6-9-15(20)21)13(18)7-4-12(10(2)17)5-8-14(16)19;1-4-11(10(3)14)8-6-7-9-13-12(15)5-2;;;/h17-19,22H,2,4-14H2,1,3H3,(H,23,27)(H,24,26);11-12H,3-9H2,1-2H3,(H3,16,19,20,21);11H,4-9H2,1-3H3,(H,13,15);;;/q-1;;;+1;;/p-2/t;11-,12-;11-;;;/m.00.../s1.